The van der Waals surface area contributed by atoms with Crippen LogP contribution in [0.5, 0.6) is 0 Å². The monoisotopic (exact) mass is 850 g/mol. The zero-order valence-electron chi connectivity index (χ0n) is 35.4. The van der Waals surface area contributed by atoms with Crippen LogP contribution in [0.25, 0.3) is 44.2 Å². The fourth-order valence-electron chi connectivity index (χ4n) is 8.95. The van der Waals surface area contributed by atoms with Gasteiger partial charge in [0.05, 0.1) is 48.1 Å². The molecule has 0 bridgehead atoms. The maximum atomic E-state index is 14.4. The normalized spacial score (nSPS) is 19.8. The molecule has 16 heteroatoms. The molecule has 15 nitrogen and oxygen atoms in total. The molecule has 1 spiro atoms. The number of thioether (sulfide) groups is 1. The number of hydrogen-bond donors (Lipinski definition) is 4. The number of methoxy groups -OCH3 is 2. The molecule has 0 aliphatic carbocycles. The van der Waals surface area contributed by atoms with E-state index in [1.165, 1.54) is 14.2 Å². The number of carbonyl (C=O) groups is 4. The highest BCUT2D eigenvalue weighted by atomic mass is 32.2. The number of aromatic nitrogens is 4. The fourth-order valence-corrected chi connectivity index (χ4v) is 10.5. The van der Waals surface area contributed by atoms with E-state index in [1.807, 2.05) is 49.8 Å². The number of hydrogen-bond acceptors (Lipinski definition) is 10. The lowest BCUT2D eigenvalue weighted by atomic mass is 9.97. The number of ether oxygens (including phenoxy) is 3. The first-order valence-corrected chi connectivity index (χ1v) is 22.0. The molecule has 61 heavy (non-hydrogen) atoms. The predicted octanol–water partition coefficient (Wildman–Crippen LogP) is 7.32. The van der Waals surface area contributed by atoms with Gasteiger partial charge in [0.15, 0.2) is 0 Å². The molecule has 4 atom stereocenters. The third kappa shape index (κ3) is 8.27. The Bertz CT molecular complexity index is 2440. The molecule has 0 unspecified atom stereocenters. The Labute approximate surface area is 359 Å². The number of imidazole rings is 2. The highest BCUT2D eigenvalue weighted by Crippen LogP contribution is 2.51. The Morgan fingerprint density at radius 3 is 2.10 bits per heavy atom. The highest BCUT2D eigenvalue weighted by Gasteiger charge is 2.53. The van der Waals surface area contributed by atoms with Gasteiger partial charge in [-0.15, -0.1) is 11.8 Å². The Morgan fingerprint density at radius 2 is 1.43 bits per heavy atom. The average Bonchev–Trinajstić information content (AvgIpc) is 4.09. The minimum atomic E-state index is -0.756. The van der Waals surface area contributed by atoms with Crippen molar-refractivity contribution in [1.29, 1.82) is 0 Å². The second kappa shape index (κ2) is 17.4. The van der Waals surface area contributed by atoms with Crippen molar-refractivity contribution < 1.29 is 33.4 Å². The van der Waals surface area contributed by atoms with Crippen LogP contribution < -0.4 is 10.6 Å². The minimum absolute atomic E-state index is 0.114. The van der Waals surface area contributed by atoms with Crippen molar-refractivity contribution in [2.75, 3.05) is 39.7 Å². The number of fused-ring (bicyclic) bond motifs is 2. The lowest BCUT2D eigenvalue weighted by Crippen LogP contribution is -2.58. The topological polar surface area (TPSA) is 184 Å². The quantitative estimate of drug-likeness (QED) is 0.111. The number of aromatic amines is 2. The summed E-state index contributed by atoms with van der Waals surface area (Å²) in [4.78, 5) is 72.5. The van der Waals surface area contributed by atoms with Crippen LogP contribution in [0.2, 0.25) is 0 Å². The summed E-state index contributed by atoms with van der Waals surface area (Å²) in [6.45, 7) is 9.35. The first-order valence-electron chi connectivity index (χ1n) is 21.0. The molecule has 3 fully saturated rings. The van der Waals surface area contributed by atoms with Crippen molar-refractivity contribution >= 4 is 57.6 Å². The zero-order valence-corrected chi connectivity index (χ0v) is 36.3. The van der Waals surface area contributed by atoms with Crippen LogP contribution >= 0.6 is 11.8 Å². The van der Waals surface area contributed by atoms with Crippen LogP contribution in [0.4, 0.5) is 9.59 Å². The average molecular weight is 851 g/mol. The molecule has 0 saturated carbocycles. The van der Waals surface area contributed by atoms with Crippen LogP contribution in [0, 0.1) is 11.8 Å². The smallest absolute Gasteiger partial charge is 0.407 e. The molecular formula is C45H54N8O7S. The van der Waals surface area contributed by atoms with Crippen LogP contribution in [0.15, 0.2) is 60.8 Å². The number of benzene rings is 3. The van der Waals surface area contributed by atoms with E-state index in [9.17, 15) is 19.2 Å². The number of alkyl carbamates (subject to hydrolysis) is 2. The van der Waals surface area contributed by atoms with Gasteiger partial charge in [0.25, 0.3) is 0 Å². The third-order valence-corrected chi connectivity index (χ3v) is 13.9. The number of likely N-dealkylation sites (tertiary alicyclic amines) is 1. The molecule has 322 valence electrons. The molecule has 4 amide bonds. The lowest BCUT2D eigenvalue weighted by Gasteiger charge is -2.44. The Hall–Kier alpha value is -5.61. The van der Waals surface area contributed by atoms with E-state index in [0.717, 1.165) is 62.9 Å². The van der Waals surface area contributed by atoms with E-state index in [2.05, 4.69) is 69.1 Å². The SMILES string of the molecule is COC(=O)N[C@H](C(=O)N1CCC[C@H]1c1nc2ccc(-c3ccc4cc(-c5cnc([C@@H]6CSC7(CCOCC7)N6C(=O)[C@@H](NC(=O)OC)C(C)C)[nH]5)ccc4c3)cc2[nH]1)C(C)C. The number of carbonyl (C=O) groups excluding carboxylic acids is 4. The number of nitrogens with one attached hydrogen (secondary N) is 4. The molecule has 3 saturated heterocycles. The largest absolute Gasteiger partial charge is 0.453 e. The molecule has 3 aliphatic rings. The Balaban J connectivity index is 1.01. The molecule has 5 heterocycles. The van der Waals surface area contributed by atoms with Crippen LogP contribution in [0.3, 0.4) is 0 Å². The lowest BCUT2D eigenvalue weighted by molar-refractivity contribution is -0.142. The number of rotatable bonds is 10. The summed E-state index contributed by atoms with van der Waals surface area (Å²) >= 11 is 1.76. The van der Waals surface area contributed by atoms with Gasteiger partial charge in [0, 0.05) is 43.9 Å². The van der Waals surface area contributed by atoms with E-state index in [-0.39, 0.29) is 35.7 Å². The third-order valence-electron chi connectivity index (χ3n) is 12.3. The Morgan fingerprint density at radius 1 is 0.803 bits per heavy atom. The summed E-state index contributed by atoms with van der Waals surface area (Å²) in [7, 11) is 2.59. The molecule has 8 rings (SSSR count). The summed E-state index contributed by atoms with van der Waals surface area (Å²) < 4.78 is 15.4. The molecular weight excluding hydrogens is 797 g/mol. The molecule has 5 aromatic rings. The van der Waals surface area contributed by atoms with Crippen LogP contribution in [-0.2, 0) is 23.8 Å². The van der Waals surface area contributed by atoms with Crippen molar-refractivity contribution in [3.63, 3.8) is 0 Å². The van der Waals surface area contributed by atoms with Crippen molar-refractivity contribution in [2.45, 2.75) is 82.4 Å². The highest BCUT2D eigenvalue weighted by molar-refractivity contribution is 8.00. The molecule has 3 aliphatic heterocycles. The van der Waals surface area contributed by atoms with Crippen molar-refractivity contribution in [3.05, 3.63) is 72.4 Å². The second-order valence-corrected chi connectivity index (χ2v) is 18.2. The standard InChI is InChI=1S/C45H54N8O7S/c1-25(2)37(50-43(56)58-5)41(54)52-17-7-8-35(52)40-47-32-14-13-30(22-33(32)48-40)28-9-10-29-21-31(12-11-27(29)20-28)34-23-46-39(49-34)36-24-61-45(15-18-60-19-16-45)53(36)42(55)38(26(3)4)51-44(57)59-6/h9-14,20-23,25-26,35-38H,7-8,15-19,24H2,1-6H3,(H,46,49)(H,47,48)(H,50,56)(H,51,57)/t35-,36-,37-,38-/m0/s1. The summed E-state index contributed by atoms with van der Waals surface area (Å²) in [6.07, 6.45) is 3.57. The molecule has 3 aromatic carbocycles. The van der Waals surface area contributed by atoms with Crippen LogP contribution in [-0.4, -0.2) is 110 Å². The van der Waals surface area contributed by atoms with Gasteiger partial charge in [-0.25, -0.2) is 19.6 Å². The predicted molar refractivity (Wildman–Crippen MR) is 233 cm³/mol. The minimum Gasteiger partial charge on any atom is -0.453 e. The van der Waals surface area contributed by atoms with Gasteiger partial charge >= 0.3 is 12.2 Å². The summed E-state index contributed by atoms with van der Waals surface area (Å²) in [5, 5.41) is 7.64. The van der Waals surface area contributed by atoms with E-state index in [4.69, 9.17) is 24.2 Å². The first-order chi connectivity index (χ1) is 29.4. The van der Waals surface area contributed by atoms with Crippen molar-refractivity contribution in [3.8, 4) is 22.4 Å². The molecule has 0 radical (unpaired) electrons. The van der Waals surface area contributed by atoms with E-state index in [1.54, 1.807) is 11.8 Å². The summed E-state index contributed by atoms with van der Waals surface area (Å²) in [6, 6.07) is 16.9. The number of nitrogens with zero attached hydrogens (tertiary/aromatic N) is 4. The van der Waals surface area contributed by atoms with E-state index < -0.39 is 29.1 Å². The number of H-pyrrole nitrogens is 2. The van der Waals surface area contributed by atoms with E-state index >= 15 is 0 Å². The van der Waals surface area contributed by atoms with E-state index in [0.29, 0.717) is 44.2 Å². The summed E-state index contributed by atoms with van der Waals surface area (Å²) in [5.41, 5.74) is 5.61. The maximum absolute atomic E-state index is 14.4. The van der Waals surface area contributed by atoms with Crippen molar-refractivity contribution in [2.24, 2.45) is 11.8 Å². The van der Waals surface area contributed by atoms with Gasteiger partial charge in [-0.05, 0) is 70.8 Å². The first kappa shape index (κ1) is 42.1. The zero-order chi connectivity index (χ0) is 43.0. The van der Waals surface area contributed by atoms with Gasteiger partial charge < -0.3 is 44.6 Å². The van der Waals surface area contributed by atoms with Gasteiger partial charge in [0.2, 0.25) is 11.8 Å². The summed E-state index contributed by atoms with van der Waals surface area (Å²) in [5.74, 6) is 1.54. The molecule has 4 N–H and O–H groups in total. The van der Waals surface area contributed by atoms with Gasteiger partial charge in [-0.3, -0.25) is 9.59 Å². The van der Waals surface area contributed by atoms with Crippen LogP contribution in [0.1, 0.15) is 77.1 Å². The Kier molecular flexibility index (Phi) is 12.0. The second-order valence-electron chi connectivity index (χ2n) is 16.8. The van der Waals surface area contributed by atoms with Gasteiger partial charge in [-0.2, -0.15) is 0 Å². The fraction of sp³-hybridized carbons (Fsp3) is 0.467. The molecule has 2 aromatic heterocycles. The number of amides is 4. The van der Waals surface area contributed by atoms with Gasteiger partial charge in [-0.1, -0.05) is 58.0 Å². The maximum Gasteiger partial charge on any atom is 0.407 e. The van der Waals surface area contributed by atoms with Crippen molar-refractivity contribution in [1.82, 2.24) is 40.4 Å². The van der Waals surface area contributed by atoms with Gasteiger partial charge in [0.1, 0.15) is 29.8 Å².